The molecule has 7 nitrogen and oxygen atoms in total. The number of hydrogen-bond acceptors (Lipinski definition) is 5. The largest absolute Gasteiger partial charge is 0.481 e. The summed E-state index contributed by atoms with van der Waals surface area (Å²) in [6.07, 6.45) is 0.526. The maximum atomic E-state index is 11.8. The first-order valence-electron chi connectivity index (χ1n) is 6.18. The highest BCUT2D eigenvalue weighted by Gasteiger charge is 2.23. The van der Waals surface area contributed by atoms with Gasteiger partial charge in [-0.3, -0.25) is 9.59 Å². The smallest absolute Gasteiger partial charge is 0.303 e. The summed E-state index contributed by atoms with van der Waals surface area (Å²) in [6, 6.07) is 0. The number of carbonyl (C=O) groups excluding carboxylic acids is 1. The van der Waals surface area contributed by atoms with Gasteiger partial charge in [-0.05, 0) is 12.8 Å². The van der Waals surface area contributed by atoms with E-state index < -0.39 is 27.5 Å². The van der Waals surface area contributed by atoms with Crippen LogP contribution in [0.3, 0.4) is 0 Å². The topological polar surface area (TPSA) is 101 Å². The van der Waals surface area contributed by atoms with Crippen molar-refractivity contribution in [3.63, 3.8) is 0 Å². The standard InChI is InChI=1S/C11H19NO6S/c13-10(12-4-6-18-7-5-12)9-19(16,17)8-2-1-3-11(14)15/h1-9H2,(H,14,15). The van der Waals surface area contributed by atoms with Crippen molar-refractivity contribution in [1.29, 1.82) is 0 Å². The Labute approximate surface area is 112 Å². The van der Waals surface area contributed by atoms with Crippen LogP contribution >= 0.6 is 0 Å². The van der Waals surface area contributed by atoms with Gasteiger partial charge in [0.1, 0.15) is 5.75 Å². The first kappa shape index (κ1) is 15.9. The van der Waals surface area contributed by atoms with Crippen LogP contribution in [0.2, 0.25) is 0 Å². The lowest BCUT2D eigenvalue weighted by Crippen LogP contribution is -2.43. The fourth-order valence-corrected chi connectivity index (χ4v) is 3.11. The molecule has 0 aliphatic carbocycles. The number of hydrogen-bond donors (Lipinski definition) is 1. The molecular formula is C11H19NO6S. The lowest BCUT2D eigenvalue weighted by atomic mass is 10.3. The van der Waals surface area contributed by atoms with E-state index in [1.165, 1.54) is 4.90 Å². The van der Waals surface area contributed by atoms with E-state index >= 15 is 0 Å². The zero-order valence-corrected chi connectivity index (χ0v) is 11.5. The van der Waals surface area contributed by atoms with Crippen molar-refractivity contribution in [1.82, 2.24) is 4.90 Å². The molecule has 1 saturated heterocycles. The highest BCUT2D eigenvalue weighted by atomic mass is 32.2. The summed E-state index contributed by atoms with van der Waals surface area (Å²) in [5.41, 5.74) is 0. The maximum Gasteiger partial charge on any atom is 0.303 e. The molecule has 1 heterocycles. The number of rotatable bonds is 7. The van der Waals surface area contributed by atoms with E-state index in [1.54, 1.807) is 0 Å². The summed E-state index contributed by atoms with van der Waals surface area (Å²) in [7, 11) is -3.45. The normalized spacial score (nSPS) is 16.3. The van der Waals surface area contributed by atoms with Gasteiger partial charge < -0.3 is 14.7 Å². The van der Waals surface area contributed by atoms with E-state index in [0.29, 0.717) is 32.7 Å². The lowest BCUT2D eigenvalue weighted by Gasteiger charge is -2.26. The number of sulfone groups is 1. The second-order valence-corrected chi connectivity index (χ2v) is 6.62. The van der Waals surface area contributed by atoms with Crippen LogP contribution in [0, 0.1) is 0 Å². The Kier molecular flexibility index (Phi) is 6.23. The highest BCUT2D eigenvalue weighted by Crippen LogP contribution is 2.04. The molecule has 8 heteroatoms. The van der Waals surface area contributed by atoms with Crippen molar-refractivity contribution in [3.8, 4) is 0 Å². The van der Waals surface area contributed by atoms with Gasteiger partial charge in [0.25, 0.3) is 0 Å². The van der Waals surface area contributed by atoms with E-state index in [9.17, 15) is 18.0 Å². The molecule has 19 heavy (non-hydrogen) atoms. The summed E-state index contributed by atoms with van der Waals surface area (Å²) >= 11 is 0. The van der Waals surface area contributed by atoms with Crippen LogP contribution in [0.1, 0.15) is 19.3 Å². The molecular weight excluding hydrogens is 274 g/mol. The van der Waals surface area contributed by atoms with E-state index in [1.807, 2.05) is 0 Å². The Balaban J connectivity index is 2.32. The summed E-state index contributed by atoms with van der Waals surface area (Å²) < 4.78 is 28.5. The van der Waals surface area contributed by atoms with Crippen molar-refractivity contribution in [2.24, 2.45) is 0 Å². The van der Waals surface area contributed by atoms with Gasteiger partial charge in [-0.2, -0.15) is 0 Å². The quantitative estimate of drug-likeness (QED) is 0.636. The molecule has 1 amide bonds. The van der Waals surface area contributed by atoms with Gasteiger partial charge in [0, 0.05) is 19.5 Å². The molecule has 1 N–H and O–H groups in total. The van der Waals surface area contributed by atoms with Gasteiger partial charge in [0.15, 0.2) is 9.84 Å². The van der Waals surface area contributed by atoms with Gasteiger partial charge in [0.05, 0.1) is 19.0 Å². The third kappa shape index (κ3) is 6.53. The number of aliphatic carboxylic acids is 1. The predicted octanol–water partition coefficient (Wildman–Crippen LogP) is -0.485. The molecule has 1 aliphatic heterocycles. The minimum Gasteiger partial charge on any atom is -0.481 e. The fraction of sp³-hybridized carbons (Fsp3) is 0.818. The summed E-state index contributed by atoms with van der Waals surface area (Å²) in [4.78, 5) is 23.5. The van der Waals surface area contributed by atoms with Crippen LogP contribution in [-0.2, 0) is 24.2 Å². The van der Waals surface area contributed by atoms with Gasteiger partial charge >= 0.3 is 5.97 Å². The molecule has 0 aromatic rings. The number of ether oxygens (including phenoxy) is 1. The number of carbonyl (C=O) groups is 2. The average Bonchev–Trinajstić information content (AvgIpc) is 2.35. The zero-order valence-electron chi connectivity index (χ0n) is 10.7. The molecule has 0 aromatic heterocycles. The Hall–Kier alpha value is -1.15. The number of carboxylic acid groups (broad SMARTS) is 1. The number of morpholine rings is 1. The number of amides is 1. The first-order chi connectivity index (χ1) is 8.91. The van der Waals surface area contributed by atoms with Gasteiger partial charge in [-0.1, -0.05) is 0 Å². The van der Waals surface area contributed by atoms with Crippen molar-refractivity contribution < 1.29 is 27.9 Å². The predicted molar refractivity (Wildman–Crippen MR) is 67.5 cm³/mol. The van der Waals surface area contributed by atoms with Crippen LogP contribution in [0.4, 0.5) is 0 Å². The van der Waals surface area contributed by atoms with Crippen molar-refractivity contribution >= 4 is 21.7 Å². The summed E-state index contributed by atoms with van der Waals surface area (Å²) in [5, 5.41) is 8.44. The Morgan fingerprint density at radius 3 is 2.37 bits per heavy atom. The Bertz CT molecular complexity index is 413. The second kappa shape index (κ2) is 7.44. The molecule has 0 bridgehead atoms. The molecule has 1 aliphatic rings. The fourth-order valence-electron chi connectivity index (χ4n) is 1.76. The lowest BCUT2D eigenvalue weighted by molar-refractivity contribution is -0.137. The SMILES string of the molecule is O=C(O)CCCCS(=O)(=O)CC(=O)N1CCOCC1. The number of carboxylic acids is 1. The van der Waals surface area contributed by atoms with Crippen LogP contribution in [-0.4, -0.2) is 68.1 Å². The molecule has 0 aromatic carbocycles. The second-order valence-electron chi connectivity index (χ2n) is 4.44. The monoisotopic (exact) mass is 293 g/mol. The van der Waals surface area contributed by atoms with Crippen LogP contribution in [0.25, 0.3) is 0 Å². The van der Waals surface area contributed by atoms with Gasteiger partial charge in [-0.25, -0.2) is 8.42 Å². The first-order valence-corrected chi connectivity index (χ1v) is 8.00. The van der Waals surface area contributed by atoms with Crippen molar-refractivity contribution in [2.45, 2.75) is 19.3 Å². The van der Waals surface area contributed by atoms with E-state index in [2.05, 4.69) is 0 Å². The zero-order chi connectivity index (χ0) is 14.3. The molecule has 1 fully saturated rings. The molecule has 1 rings (SSSR count). The highest BCUT2D eigenvalue weighted by molar-refractivity contribution is 7.92. The number of unbranched alkanes of at least 4 members (excludes halogenated alkanes) is 1. The molecule has 0 radical (unpaired) electrons. The van der Waals surface area contributed by atoms with Crippen molar-refractivity contribution in [2.75, 3.05) is 37.8 Å². The molecule has 0 saturated carbocycles. The minimum atomic E-state index is -3.45. The Morgan fingerprint density at radius 1 is 1.16 bits per heavy atom. The summed E-state index contributed by atoms with van der Waals surface area (Å²) in [6.45, 7) is 1.72. The van der Waals surface area contributed by atoms with E-state index in [0.717, 1.165) is 0 Å². The molecule has 110 valence electrons. The Morgan fingerprint density at radius 2 is 1.79 bits per heavy atom. The van der Waals surface area contributed by atoms with Gasteiger partial charge in [0.2, 0.25) is 5.91 Å². The van der Waals surface area contributed by atoms with Crippen LogP contribution in [0.5, 0.6) is 0 Å². The van der Waals surface area contributed by atoms with Crippen LogP contribution in [0.15, 0.2) is 0 Å². The van der Waals surface area contributed by atoms with Gasteiger partial charge in [-0.15, -0.1) is 0 Å². The minimum absolute atomic E-state index is 0.0487. The number of nitrogens with zero attached hydrogens (tertiary/aromatic N) is 1. The maximum absolute atomic E-state index is 11.8. The molecule has 0 atom stereocenters. The third-order valence-electron chi connectivity index (χ3n) is 2.80. The molecule has 0 spiro atoms. The van der Waals surface area contributed by atoms with E-state index in [-0.39, 0.29) is 18.6 Å². The molecule has 0 unspecified atom stereocenters. The van der Waals surface area contributed by atoms with Crippen LogP contribution < -0.4 is 0 Å². The average molecular weight is 293 g/mol. The summed E-state index contributed by atoms with van der Waals surface area (Å²) in [5.74, 6) is -1.99. The van der Waals surface area contributed by atoms with Crippen molar-refractivity contribution in [3.05, 3.63) is 0 Å². The van der Waals surface area contributed by atoms with E-state index in [4.69, 9.17) is 9.84 Å². The third-order valence-corrected chi connectivity index (χ3v) is 4.40.